The Balaban J connectivity index is -0.000000232. The quantitative estimate of drug-likeness (QED) is 0.0114. The molecule has 0 saturated heterocycles. The number of rotatable bonds is 40. The summed E-state index contributed by atoms with van der Waals surface area (Å²) in [6.07, 6.45) is 17.8. The van der Waals surface area contributed by atoms with E-state index in [1.54, 1.807) is 17.9 Å². The van der Waals surface area contributed by atoms with Crippen molar-refractivity contribution in [1.82, 2.24) is 15.5 Å². The summed E-state index contributed by atoms with van der Waals surface area (Å²) in [5.41, 5.74) is 10.7. The molecule has 0 rings (SSSR count). The number of hydrogen-bond donors (Lipinski definition) is 8. The van der Waals surface area contributed by atoms with Gasteiger partial charge in [0, 0.05) is 109 Å². The number of carbonyl (C=O) groups excluding carboxylic acids is 2. The SMILES string of the molecule is CC(C)CCN(CCCCO)CCC(=O)OCCCCCCO.CC=CC.COCCCCCCO.NCCSSCCNCCC=O.NCCSSCCNCCCO. The zero-order valence-electron chi connectivity index (χ0n) is 38.8. The first-order chi connectivity index (χ1) is 29.3. The van der Waals surface area contributed by atoms with Crippen LogP contribution in [-0.4, -0.2) is 166 Å². The molecule has 10 N–H and O–H groups in total. The minimum Gasteiger partial charge on any atom is -0.466 e. The molecule has 0 atom stereocenters. The van der Waals surface area contributed by atoms with Crippen molar-refractivity contribution in [1.29, 1.82) is 0 Å². The number of aldehydes is 1. The van der Waals surface area contributed by atoms with Crippen LogP contribution in [0.15, 0.2) is 12.2 Å². The van der Waals surface area contributed by atoms with Gasteiger partial charge in [-0.3, -0.25) is 4.79 Å². The van der Waals surface area contributed by atoms with E-state index in [1.807, 2.05) is 58.4 Å². The molecular formula is C43H95N5O8S4. The lowest BCUT2D eigenvalue weighted by Crippen LogP contribution is -2.30. The third kappa shape index (κ3) is 81.7. The summed E-state index contributed by atoms with van der Waals surface area (Å²) in [5, 5.41) is 40.8. The predicted octanol–water partition coefficient (Wildman–Crippen LogP) is 6.16. The van der Waals surface area contributed by atoms with E-state index in [1.165, 1.54) is 6.42 Å². The van der Waals surface area contributed by atoms with E-state index in [-0.39, 0.29) is 25.8 Å². The number of methoxy groups -OCH3 is 1. The van der Waals surface area contributed by atoms with Gasteiger partial charge in [0.25, 0.3) is 0 Å². The molecule has 0 amide bonds. The average Bonchev–Trinajstić information content (AvgIpc) is 3.25. The van der Waals surface area contributed by atoms with Crippen molar-refractivity contribution >= 4 is 55.4 Å². The van der Waals surface area contributed by atoms with Gasteiger partial charge in [-0.25, -0.2) is 0 Å². The Morgan fingerprint density at radius 3 is 1.58 bits per heavy atom. The van der Waals surface area contributed by atoms with E-state index in [2.05, 4.69) is 29.4 Å². The molecule has 17 heteroatoms. The molecule has 0 radical (unpaired) electrons. The van der Waals surface area contributed by atoms with Gasteiger partial charge in [0.05, 0.1) is 13.0 Å². The van der Waals surface area contributed by atoms with E-state index < -0.39 is 0 Å². The van der Waals surface area contributed by atoms with Gasteiger partial charge in [-0.1, -0.05) is 88.4 Å². The summed E-state index contributed by atoms with van der Waals surface area (Å²) in [5.74, 6) is 4.75. The smallest absolute Gasteiger partial charge is 0.307 e. The summed E-state index contributed by atoms with van der Waals surface area (Å²) in [4.78, 5) is 24.0. The first kappa shape index (κ1) is 68.9. The highest BCUT2D eigenvalue weighted by atomic mass is 33.1. The largest absolute Gasteiger partial charge is 0.466 e. The number of esters is 1. The monoisotopic (exact) mass is 938 g/mol. The van der Waals surface area contributed by atoms with E-state index in [0.717, 1.165) is 165 Å². The van der Waals surface area contributed by atoms with Crippen LogP contribution in [0, 0.1) is 5.92 Å². The summed E-state index contributed by atoms with van der Waals surface area (Å²) >= 11 is 0. The first-order valence-electron chi connectivity index (χ1n) is 22.4. The van der Waals surface area contributed by atoms with Gasteiger partial charge in [0.2, 0.25) is 0 Å². The van der Waals surface area contributed by atoms with Crippen LogP contribution in [0.25, 0.3) is 0 Å². The zero-order chi connectivity index (χ0) is 45.8. The molecular weight excluding hydrogens is 843 g/mol. The van der Waals surface area contributed by atoms with Crippen molar-refractivity contribution in [3.63, 3.8) is 0 Å². The second-order valence-electron chi connectivity index (χ2n) is 13.8. The minimum atomic E-state index is -0.121. The van der Waals surface area contributed by atoms with Crippen LogP contribution in [0.4, 0.5) is 0 Å². The van der Waals surface area contributed by atoms with Crippen molar-refractivity contribution in [2.45, 2.75) is 118 Å². The first-order valence-corrected chi connectivity index (χ1v) is 27.4. The number of carbonyl (C=O) groups is 2. The molecule has 13 nitrogen and oxygen atoms in total. The molecule has 60 heavy (non-hydrogen) atoms. The van der Waals surface area contributed by atoms with Gasteiger partial charge < -0.3 is 61.7 Å². The van der Waals surface area contributed by atoms with Gasteiger partial charge in [-0.2, -0.15) is 0 Å². The maximum absolute atomic E-state index is 11.8. The van der Waals surface area contributed by atoms with Crippen molar-refractivity contribution in [2.75, 3.05) is 129 Å². The predicted molar refractivity (Wildman–Crippen MR) is 267 cm³/mol. The van der Waals surface area contributed by atoms with Crippen molar-refractivity contribution in [2.24, 2.45) is 17.4 Å². The molecule has 0 unspecified atom stereocenters. The highest BCUT2D eigenvalue weighted by Crippen LogP contribution is 2.19. The van der Waals surface area contributed by atoms with E-state index in [4.69, 9.17) is 41.4 Å². The molecule has 0 fully saturated rings. The number of nitrogens with two attached hydrogens (primary N) is 2. The Labute approximate surface area is 384 Å². The fraction of sp³-hybridized carbons (Fsp3) is 0.907. The Hall–Kier alpha value is -0.120. The molecule has 0 spiro atoms. The summed E-state index contributed by atoms with van der Waals surface area (Å²) in [7, 11) is 9.00. The molecule has 0 aromatic heterocycles. The number of aliphatic hydroxyl groups excluding tert-OH is 4. The van der Waals surface area contributed by atoms with E-state index in [9.17, 15) is 9.59 Å². The molecule has 0 aromatic carbocycles. The van der Waals surface area contributed by atoms with E-state index in [0.29, 0.717) is 32.0 Å². The molecule has 0 aromatic rings. The highest BCUT2D eigenvalue weighted by Gasteiger charge is 2.10. The van der Waals surface area contributed by atoms with Crippen LogP contribution < -0.4 is 22.1 Å². The van der Waals surface area contributed by atoms with Crippen LogP contribution in [0.1, 0.15) is 118 Å². The maximum atomic E-state index is 11.8. The Morgan fingerprint density at radius 2 is 1.12 bits per heavy atom. The van der Waals surface area contributed by atoms with Crippen LogP contribution in [0.3, 0.4) is 0 Å². The van der Waals surface area contributed by atoms with Gasteiger partial charge in [-0.05, 0) is 97.2 Å². The molecule has 0 heterocycles. The lowest BCUT2D eigenvalue weighted by atomic mass is 10.1. The number of hydrogen-bond acceptors (Lipinski definition) is 17. The number of nitrogens with one attached hydrogen (secondary N) is 2. The standard InChI is InChI=1S/C18H37NO4.C7H18N2OS2.C7H16N2OS2.C7H16O2.C4H8/c1-17(2)9-12-19(11-5-7-15-21)13-10-18(22)23-16-8-4-3-6-14-20;2*8-2-6-11-12-7-4-9-3-1-5-10;1-9-7-5-3-2-4-6-8;1-3-4-2/h17,20-21H,3-16H2,1-2H3;9-10H,1-8H2;5,9H,1-4,6-8H2;8H,2-7H2,1H3;3-4H,1-2H3. The van der Waals surface area contributed by atoms with Crippen molar-refractivity contribution < 1.29 is 39.5 Å². The lowest BCUT2D eigenvalue weighted by molar-refractivity contribution is -0.144. The topological polar surface area (TPSA) is 213 Å². The fourth-order valence-electron chi connectivity index (χ4n) is 4.18. The number of allylic oxidation sites excluding steroid dienone is 2. The van der Waals surface area contributed by atoms with Crippen LogP contribution in [0.2, 0.25) is 0 Å². The number of aliphatic hydroxyl groups is 4. The molecule has 0 saturated carbocycles. The number of nitrogens with zero attached hydrogens (tertiary/aromatic N) is 1. The molecule has 0 aliphatic heterocycles. The molecule has 364 valence electrons. The van der Waals surface area contributed by atoms with Gasteiger partial charge in [-0.15, -0.1) is 0 Å². The minimum absolute atomic E-state index is 0.121. The third-order valence-electron chi connectivity index (χ3n) is 7.69. The Kier molecular flexibility index (Phi) is 81.0. The second-order valence-corrected chi connectivity index (χ2v) is 19.2. The maximum Gasteiger partial charge on any atom is 0.307 e. The van der Waals surface area contributed by atoms with Gasteiger partial charge in [0.1, 0.15) is 6.29 Å². The van der Waals surface area contributed by atoms with Gasteiger partial charge >= 0.3 is 5.97 Å². The molecule has 0 aliphatic carbocycles. The Bertz CT molecular complexity index is 769. The van der Waals surface area contributed by atoms with Gasteiger partial charge in [0.15, 0.2) is 0 Å². The number of unbranched alkanes of at least 4 members (excludes halogenated alkanes) is 7. The average molecular weight is 939 g/mol. The number of ether oxygens (including phenoxy) is 2. The summed E-state index contributed by atoms with van der Waals surface area (Å²) < 4.78 is 10.1. The highest BCUT2D eigenvalue weighted by molar-refractivity contribution is 8.77. The van der Waals surface area contributed by atoms with Crippen LogP contribution in [-0.2, 0) is 19.1 Å². The van der Waals surface area contributed by atoms with Crippen molar-refractivity contribution in [3.05, 3.63) is 12.2 Å². The summed E-state index contributed by atoms with van der Waals surface area (Å²) in [6.45, 7) is 18.7. The van der Waals surface area contributed by atoms with Crippen LogP contribution >= 0.6 is 43.2 Å². The molecule has 0 aliphatic rings. The van der Waals surface area contributed by atoms with E-state index >= 15 is 0 Å². The summed E-state index contributed by atoms with van der Waals surface area (Å²) in [6, 6.07) is 0. The fourth-order valence-corrected chi connectivity index (χ4v) is 7.80. The lowest BCUT2D eigenvalue weighted by Gasteiger charge is -2.22. The zero-order valence-corrected chi connectivity index (χ0v) is 42.1. The van der Waals surface area contributed by atoms with Crippen molar-refractivity contribution in [3.8, 4) is 0 Å². The third-order valence-corrected chi connectivity index (χ3v) is 12.6. The normalized spacial score (nSPS) is 10.6. The molecule has 0 bridgehead atoms. The second kappa shape index (κ2) is 70.5. The Morgan fingerprint density at radius 1 is 0.633 bits per heavy atom. The van der Waals surface area contributed by atoms with Crippen LogP contribution in [0.5, 0.6) is 0 Å².